The summed E-state index contributed by atoms with van der Waals surface area (Å²) in [6, 6.07) is 0. The summed E-state index contributed by atoms with van der Waals surface area (Å²) < 4.78 is 20.0. The molecule has 1 unspecified atom stereocenters. The predicted molar refractivity (Wildman–Crippen MR) is 153 cm³/mol. The van der Waals surface area contributed by atoms with Crippen molar-refractivity contribution < 1.29 is 43.9 Å². The molecule has 3 saturated carbocycles. The number of hydrogen-bond donors (Lipinski definition) is 3. The highest BCUT2D eigenvalue weighted by Crippen LogP contribution is 2.70. The number of carboxylic acid groups (broad SMARTS) is 1. The van der Waals surface area contributed by atoms with Gasteiger partial charge in [0.1, 0.15) is 28.4 Å². The van der Waals surface area contributed by atoms with Crippen LogP contribution in [0.4, 0.5) is 0 Å². The molecule has 3 aliphatic heterocycles. The van der Waals surface area contributed by atoms with E-state index in [0.29, 0.717) is 23.3 Å². The van der Waals surface area contributed by atoms with Gasteiger partial charge in [-0.1, -0.05) is 17.7 Å². The lowest BCUT2D eigenvalue weighted by atomic mass is 9.45. The van der Waals surface area contributed by atoms with Gasteiger partial charge in [-0.2, -0.15) is 0 Å². The Labute approximate surface area is 244 Å². The number of Topliss-reactive ketones (excluding diaryl/α,β-unsaturated/α-hetero) is 2. The number of phenolic OH excluding ortho intramolecular Hbond substituents is 1. The van der Waals surface area contributed by atoms with Crippen molar-refractivity contribution in [2.75, 3.05) is 0 Å². The standard InChI is InChI=1S/C33H38O9/c1-15(2)8-9-18-26-17(11-12-30(4,5)40-26)23(34)21-25(36)22-24(35)19-14-20-31(6,7)42-32(28(19)37,13-10-16(3)29(38)39)33(20,22)41-27(18)21/h8,10-12,19-20,22,24,34-35H,9,13-14H2,1-7H3,(H,38,39)/b16-10+/t19-,20-,22?,24-,32-,33-/m0/s1. The molecule has 3 heterocycles. The van der Waals surface area contributed by atoms with Gasteiger partial charge in [0.2, 0.25) is 0 Å². The third-order valence-corrected chi connectivity index (χ3v) is 9.94. The fraction of sp³-hybridized carbons (Fsp3) is 0.545. The number of aliphatic hydroxyl groups excluding tert-OH is 1. The minimum atomic E-state index is -1.72. The lowest BCUT2D eigenvalue weighted by Crippen LogP contribution is -2.80. The van der Waals surface area contributed by atoms with E-state index in [1.807, 2.05) is 47.6 Å². The van der Waals surface area contributed by atoms with E-state index in [4.69, 9.17) is 14.2 Å². The van der Waals surface area contributed by atoms with Crippen molar-refractivity contribution in [3.63, 3.8) is 0 Å². The Bertz CT molecular complexity index is 1540. The number of ether oxygens (including phenoxy) is 3. The highest BCUT2D eigenvalue weighted by molar-refractivity contribution is 6.10. The minimum absolute atomic E-state index is 0.0258. The van der Waals surface area contributed by atoms with Crippen molar-refractivity contribution in [3.8, 4) is 17.2 Å². The molecule has 9 heteroatoms. The lowest BCUT2D eigenvalue weighted by molar-refractivity contribution is -0.220. The van der Waals surface area contributed by atoms with Crippen LogP contribution >= 0.6 is 0 Å². The van der Waals surface area contributed by atoms with Gasteiger partial charge in [0.15, 0.2) is 22.8 Å². The summed E-state index contributed by atoms with van der Waals surface area (Å²) in [5.74, 6) is -4.44. The Kier molecular flexibility index (Phi) is 6.01. The highest BCUT2D eigenvalue weighted by Gasteiger charge is 2.85. The minimum Gasteiger partial charge on any atom is -0.506 e. The molecule has 6 atom stereocenters. The zero-order chi connectivity index (χ0) is 30.7. The molecule has 42 heavy (non-hydrogen) atoms. The number of carboxylic acids is 1. The average molecular weight is 579 g/mol. The van der Waals surface area contributed by atoms with E-state index in [1.54, 1.807) is 12.2 Å². The predicted octanol–water partition coefficient (Wildman–Crippen LogP) is 4.56. The summed E-state index contributed by atoms with van der Waals surface area (Å²) >= 11 is 0. The number of aromatic hydroxyl groups is 1. The Morgan fingerprint density at radius 3 is 2.40 bits per heavy atom. The maximum atomic E-state index is 14.6. The largest absolute Gasteiger partial charge is 0.506 e. The first kappa shape index (κ1) is 28.7. The molecule has 1 spiro atoms. The zero-order valence-electron chi connectivity index (χ0n) is 25.0. The zero-order valence-corrected chi connectivity index (χ0v) is 25.0. The van der Waals surface area contributed by atoms with Crippen molar-refractivity contribution in [2.24, 2.45) is 17.8 Å². The fourth-order valence-corrected chi connectivity index (χ4v) is 8.04. The normalized spacial score (nSPS) is 34.6. The van der Waals surface area contributed by atoms with Crippen molar-refractivity contribution in [2.45, 2.75) is 96.2 Å². The second-order valence-corrected chi connectivity index (χ2v) is 13.7. The summed E-state index contributed by atoms with van der Waals surface area (Å²) in [5, 5.41) is 32.7. The topological polar surface area (TPSA) is 140 Å². The molecule has 0 radical (unpaired) electrons. The number of allylic oxidation sites excluding steroid dienone is 2. The van der Waals surface area contributed by atoms with Crippen LogP contribution in [0.1, 0.15) is 82.8 Å². The molecular formula is C33H38O9. The second kappa shape index (κ2) is 8.80. The van der Waals surface area contributed by atoms with Gasteiger partial charge in [-0.25, -0.2) is 4.79 Å². The first-order chi connectivity index (χ1) is 19.5. The molecule has 3 N–H and O–H groups in total. The molecule has 224 valence electrons. The first-order valence-electron chi connectivity index (χ1n) is 14.5. The number of carbonyl (C=O) groups is 3. The van der Waals surface area contributed by atoms with Gasteiger partial charge < -0.3 is 29.5 Å². The molecule has 9 nitrogen and oxygen atoms in total. The van der Waals surface area contributed by atoms with Gasteiger partial charge in [0.05, 0.1) is 23.2 Å². The molecule has 1 saturated heterocycles. The number of rotatable bonds is 5. The summed E-state index contributed by atoms with van der Waals surface area (Å²) in [6.07, 6.45) is 6.03. The smallest absolute Gasteiger partial charge is 0.330 e. The highest BCUT2D eigenvalue weighted by atomic mass is 16.6. The van der Waals surface area contributed by atoms with Crippen LogP contribution in [0.3, 0.4) is 0 Å². The van der Waals surface area contributed by atoms with E-state index in [2.05, 4.69) is 0 Å². The molecule has 6 aliphatic rings. The van der Waals surface area contributed by atoms with Crippen LogP contribution in [0.2, 0.25) is 0 Å². The summed E-state index contributed by atoms with van der Waals surface area (Å²) in [4.78, 5) is 40.6. The molecular weight excluding hydrogens is 540 g/mol. The van der Waals surface area contributed by atoms with Crippen LogP contribution in [0.25, 0.3) is 6.08 Å². The molecule has 0 aromatic heterocycles. The Morgan fingerprint density at radius 2 is 1.76 bits per heavy atom. The monoisotopic (exact) mass is 578 g/mol. The summed E-state index contributed by atoms with van der Waals surface area (Å²) in [5.41, 5.74) is -3.09. The third kappa shape index (κ3) is 3.52. The molecule has 7 rings (SSSR count). The van der Waals surface area contributed by atoms with E-state index < -0.39 is 63.8 Å². The third-order valence-electron chi connectivity index (χ3n) is 9.94. The van der Waals surface area contributed by atoms with Gasteiger partial charge in [-0.05, 0) is 73.5 Å². The van der Waals surface area contributed by atoms with Crippen LogP contribution in [0, 0.1) is 17.8 Å². The SMILES string of the molecule is CC(C)=CCc1c2c(c(O)c3c1O[C@]14C(C3=O)[C@@H](O)[C@@H]3C[C@H]1C(C)(C)O[C@@]4(C/C=C(\C)C(=O)O)C3=O)C=CC(C)(C)O2. The number of aliphatic hydroxyl groups is 1. The molecule has 3 aliphatic carbocycles. The lowest BCUT2D eigenvalue weighted by Gasteiger charge is -2.62. The number of fused-ring (bicyclic) bond motifs is 2. The summed E-state index contributed by atoms with van der Waals surface area (Å²) in [6.45, 7) is 12.8. The molecule has 4 bridgehead atoms. The second-order valence-electron chi connectivity index (χ2n) is 13.7. The molecule has 0 amide bonds. The number of hydrogen-bond acceptors (Lipinski definition) is 8. The Balaban J connectivity index is 1.66. The van der Waals surface area contributed by atoms with Crippen LogP contribution in [-0.4, -0.2) is 61.4 Å². The number of ketones is 2. The number of carbonyl (C=O) groups excluding carboxylic acids is 2. The van der Waals surface area contributed by atoms with Crippen LogP contribution in [-0.2, 0) is 20.7 Å². The summed E-state index contributed by atoms with van der Waals surface area (Å²) in [7, 11) is 0. The van der Waals surface area contributed by atoms with Crippen LogP contribution < -0.4 is 9.47 Å². The molecule has 4 fully saturated rings. The Hall–Kier alpha value is -3.43. The van der Waals surface area contributed by atoms with E-state index >= 15 is 0 Å². The van der Waals surface area contributed by atoms with Crippen molar-refractivity contribution >= 4 is 23.6 Å². The van der Waals surface area contributed by atoms with Gasteiger partial charge >= 0.3 is 5.97 Å². The number of phenols is 1. The molecule has 1 aromatic rings. The Morgan fingerprint density at radius 1 is 1.07 bits per heavy atom. The molecule has 1 aromatic carbocycles. The van der Waals surface area contributed by atoms with E-state index in [1.165, 1.54) is 13.0 Å². The average Bonchev–Trinajstić information content (AvgIpc) is 3.02. The van der Waals surface area contributed by atoms with E-state index in [0.717, 1.165) is 5.57 Å². The van der Waals surface area contributed by atoms with Crippen molar-refractivity contribution in [1.82, 2.24) is 0 Å². The number of benzene rings is 1. The number of aliphatic carboxylic acids is 1. The van der Waals surface area contributed by atoms with E-state index in [9.17, 15) is 29.7 Å². The van der Waals surface area contributed by atoms with Crippen molar-refractivity contribution in [1.29, 1.82) is 0 Å². The van der Waals surface area contributed by atoms with Gasteiger partial charge in [0, 0.05) is 29.4 Å². The van der Waals surface area contributed by atoms with Gasteiger partial charge in [-0.3, -0.25) is 9.59 Å². The fourth-order valence-electron chi connectivity index (χ4n) is 8.04. The maximum absolute atomic E-state index is 14.6. The van der Waals surface area contributed by atoms with Gasteiger partial charge in [-0.15, -0.1) is 0 Å². The van der Waals surface area contributed by atoms with Crippen LogP contribution in [0.5, 0.6) is 17.2 Å². The maximum Gasteiger partial charge on any atom is 0.330 e. The quantitative estimate of drug-likeness (QED) is 0.339. The van der Waals surface area contributed by atoms with Gasteiger partial charge in [0.25, 0.3) is 0 Å². The first-order valence-corrected chi connectivity index (χ1v) is 14.5. The van der Waals surface area contributed by atoms with Crippen molar-refractivity contribution in [3.05, 3.63) is 46.1 Å². The van der Waals surface area contributed by atoms with Crippen LogP contribution in [0.15, 0.2) is 29.4 Å². The van der Waals surface area contributed by atoms with E-state index in [-0.39, 0.29) is 35.5 Å².